The molecule has 3 aromatic rings. The Morgan fingerprint density at radius 3 is 2.57 bits per heavy atom. The van der Waals surface area contributed by atoms with Gasteiger partial charge in [-0.2, -0.15) is 5.10 Å². The molecule has 0 fully saturated rings. The van der Waals surface area contributed by atoms with E-state index in [0.717, 1.165) is 5.69 Å². The smallest absolute Gasteiger partial charge is 0.196 e. The number of benzene rings is 2. The number of hydrogen-bond donors (Lipinski definition) is 0. The first-order chi connectivity index (χ1) is 10.1. The van der Waals surface area contributed by atoms with E-state index in [1.54, 1.807) is 35.3 Å². The third kappa shape index (κ3) is 2.91. The monoisotopic (exact) mass is 360 g/mol. The van der Waals surface area contributed by atoms with Crippen molar-refractivity contribution in [3.05, 3.63) is 81.5 Å². The fourth-order valence-electron chi connectivity index (χ4n) is 1.97. The summed E-state index contributed by atoms with van der Waals surface area (Å²) in [5.41, 5.74) is 2.01. The van der Waals surface area contributed by atoms with Crippen LogP contribution in [0.25, 0.3) is 5.69 Å². The molecule has 104 valence electrons. The molecule has 3 nitrogen and oxygen atoms in total. The average molecular weight is 362 g/mol. The molecule has 0 N–H and O–H groups in total. The molecule has 0 unspecified atom stereocenters. The second-order valence-electron chi connectivity index (χ2n) is 4.47. The van der Waals surface area contributed by atoms with Gasteiger partial charge in [0.25, 0.3) is 0 Å². The van der Waals surface area contributed by atoms with Gasteiger partial charge in [-0.15, -0.1) is 0 Å². The third-order valence-corrected chi connectivity index (χ3v) is 4.26. The Labute approximate surface area is 135 Å². The molecule has 0 saturated carbocycles. The third-order valence-electron chi connectivity index (χ3n) is 3.05. The van der Waals surface area contributed by atoms with Crippen LogP contribution < -0.4 is 0 Å². The highest BCUT2D eigenvalue weighted by Gasteiger charge is 2.13. The van der Waals surface area contributed by atoms with Gasteiger partial charge in [-0.3, -0.25) is 4.79 Å². The topological polar surface area (TPSA) is 34.9 Å². The van der Waals surface area contributed by atoms with E-state index in [4.69, 9.17) is 11.6 Å². The summed E-state index contributed by atoms with van der Waals surface area (Å²) in [7, 11) is 0. The average Bonchev–Trinajstić information content (AvgIpc) is 3.00. The molecule has 0 aliphatic rings. The van der Waals surface area contributed by atoms with Crippen LogP contribution in [0.15, 0.2) is 65.4 Å². The number of hydrogen-bond acceptors (Lipinski definition) is 2. The number of halogens is 2. The van der Waals surface area contributed by atoms with E-state index in [0.29, 0.717) is 20.6 Å². The Morgan fingerprint density at radius 2 is 1.86 bits per heavy atom. The summed E-state index contributed by atoms with van der Waals surface area (Å²) >= 11 is 9.26. The molecule has 2 aromatic carbocycles. The normalized spacial score (nSPS) is 10.6. The van der Waals surface area contributed by atoms with Gasteiger partial charge in [-0.1, -0.05) is 29.8 Å². The van der Waals surface area contributed by atoms with E-state index in [-0.39, 0.29) is 5.78 Å². The zero-order chi connectivity index (χ0) is 14.8. The Kier molecular flexibility index (Phi) is 3.90. The maximum absolute atomic E-state index is 12.4. The first-order valence-corrected chi connectivity index (χ1v) is 7.42. The van der Waals surface area contributed by atoms with Crippen LogP contribution in [-0.2, 0) is 0 Å². The molecule has 5 heteroatoms. The highest BCUT2D eigenvalue weighted by molar-refractivity contribution is 9.10. The molecule has 1 heterocycles. The zero-order valence-corrected chi connectivity index (χ0v) is 13.2. The van der Waals surface area contributed by atoms with Crippen molar-refractivity contribution in [1.82, 2.24) is 9.78 Å². The van der Waals surface area contributed by atoms with Gasteiger partial charge in [0.05, 0.1) is 22.5 Å². The highest BCUT2D eigenvalue weighted by atomic mass is 79.9. The molecule has 3 rings (SSSR count). The summed E-state index contributed by atoms with van der Waals surface area (Å²) in [5.74, 6) is -0.0884. The van der Waals surface area contributed by atoms with Crippen LogP contribution in [0, 0.1) is 0 Å². The Morgan fingerprint density at radius 1 is 1.10 bits per heavy atom. The van der Waals surface area contributed by atoms with Crippen molar-refractivity contribution in [3.8, 4) is 5.69 Å². The molecule has 0 aliphatic carbocycles. The number of carbonyl (C=O) groups excluding carboxylic acids is 1. The molecule has 0 bridgehead atoms. The second kappa shape index (κ2) is 5.84. The number of rotatable bonds is 3. The summed E-state index contributed by atoms with van der Waals surface area (Å²) in [5, 5.41) is 4.81. The fraction of sp³-hybridized carbons (Fsp3) is 0. The second-order valence-corrected chi connectivity index (χ2v) is 5.73. The lowest BCUT2D eigenvalue weighted by molar-refractivity contribution is 0.103. The quantitative estimate of drug-likeness (QED) is 0.643. The lowest BCUT2D eigenvalue weighted by Crippen LogP contribution is -2.00. The van der Waals surface area contributed by atoms with Gasteiger partial charge in [0.15, 0.2) is 5.78 Å². The first-order valence-electron chi connectivity index (χ1n) is 6.25. The SMILES string of the molecule is O=C(c1ccc(Cl)c(Br)c1)c1cnn(-c2ccccc2)c1. The standard InChI is InChI=1S/C16H10BrClN2O/c17-14-8-11(6-7-15(14)18)16(21)12-9-19-20(10-12)13-4-2-1-3-5-13/h1-10H. The van der Waals surface area contributed by atoms with Crippen LogP contribution in [-0.4, -0.2) is 15.6 Å². The van der Waals surface area contributed by atoms with Gasteiger partial charge < -0.3 is 0 Å². The van der Waals surface area contributed by atoms with Crippen LogP contribution in [0.2, 0.25) is 5.02 Å². The maximum Gasteiger partial charge on any atom is 0.196 e. The van der Waals surface area contributed by atoms with Gasteiger partial charge in [0, 0.05) is 16.2 Å². The van der Waals surface area contributed by atoms with Gasteiger partial charge in [0.2, 0.25) is 0 Å². The Bertz CT molecular complexity index is 799. The van der Waals surface area contributed by atoms with Crippen molar-refractivity contribution in [1.29, 1.82) is 0 Å². The van der Waals surface area contributed by atoms with E-state index >= 15 is 0 Å². The van der Waals surface area contributed by atoms with E-state index in [1.807, 2.05) is 30.3 Å². The molecule has 0 radical (unpaired) electrons. The van der Waals surface area contributed by atoms with Crippen LogP contribution in [0.3, 0.4) is 0 Å². The number of para-hydroxylation sites is 1. The minimum absolute atomic E-state index is 0.0884. The zero-order valence-electron chi connectivity index (χ0n) is 10.8. The number of nitrogens with zero attached hydrogens (tertiary/aromatic N) is 2. The van der Waals surface area contributed by atoms with Crippen LogP contribution in [0.1, 0.15) is 15.9 Å². The lowest BCUT2D eigenvalue weighted by atomic mass is 10.1. The van der Waals surface area contributed by atoms with Crippen LogP contribution in [0.5, 0.6) is 0 Å². The summed E-state index contributed by atoms with van der Waals surface area (Å²) in [6.07, 6.45) is 3.29. The minimum atomic E-state index is -0.0884. The van der Waals surface area contributed by atoms with E-state index < -0.39 is 0 Å². The molecule has 1 aromatic heterocycles. The minimum Gasteiger partial charge on any atom is -0.288 e. The number of aromatic nitrogens is 2. The van der Waals surface area contributed by atoms with Crippen LogP contribution in [0.4, 0.5) is 0 Å². The summed E-state index contributed by atoms with van der Waals surface area (Å²) < 4.78 is 2.38. The Hall–Kier alpha value is -1.91. The highest BCUT2D eigenvalue weighted by Crippen LogP contribution is 2.24. The van der Waals surface area contributed by atoms with E-state index in [9.17, 15) is 4.79 Å². The fourth-order valence-corrected chi connectivity index (χ4v) is 2.46. The van der Waals surface area contributed by atoms with E-state index in [1.165, 1.54) is 0 Å². The molecule has 0 aliphatic heterocycles. The van der Waals surface area contributed by atoms with Gasteiger partial charge in [-0.25, -0.2) is 4.68 Å². The van der Waals surface area contributed by atoms with Gasteiger partial charge in [0.1, 0.15) is 0 Å². The van der Waals surface area contributed by atoms with E-state index in [2.05, 4.69) is 21.0 Å². The molecular weight excluding hydrogens is 352 g/mol. The van der Waals surface area contributed by atoms with Crippen molar-refractivity contribution >= 4 is 33.3 Å². The number of carbonyl (C=O) groups is 1. The molecule has 0 amide bonds. The number of ketones is 1. The molecule has 0 atom stereocenters. The van der Waals surface area contributed by atoms with Crippen molar-refractivity contribution in [2.45, 2.75) is 0 Å². The van der Waals surface area contributed by atoms with Crippen molar-refractivity contribution in [2.75, 3.05) is 0 Å². The van der Waals surface area contributed by atoms with Crippen molar-refractivity contribution in [2.24, 2.45) is 0 Å². The molecule has 21 heavy (non-hydrogen) atoms. The molecular formula is C16H10BrClN2O. The van der Waals surface area contributed by atoms with Crippen molar-refractivity contribution < 1.29 is 4.79 Å². The van der Waals surface area contributed by atoms with Gasteiger partial charge in [-0.05, 0) is 46.3 Å². The lowest BCUT2D eigenvalue weighted by Gasteiger charge is -2.01. The van der Waals surface area contributed by atoms with Crippen LogP contribution >= 0.6 is 27.5 Å². The van der Waals surface area contributed by atoms with Crippen molar-refractivity contribution in [3.63, 3.8) is 0 Å². The largest absolute Gasteiger partial charge is 0.288 e. The predicted molar refractivity (Wildman–Crippen MR) is 86.1 cm³/mol. The first kappa shape index (κ1) is 14.0. The summed E-state index contributed by atoms with van der Waals surface area (Å²) in [6.45, 7) is 0. The van der Waals surface area contributed by atoms with Gasteiger partial charge >= 0.3 is 0 Å². The Balaban J connectivity index is 1.92. The summed E-state index contributed by atoms with van der Waals surface area (Å²) in [6, 6.07) is 14.8. The molecule has 0 saturated heterocycles. The molecule has 0 spiro atoms. The summed E-state index contributed by atoms with van der Waals surface area (Å²) in [4.78, 5) is 12.4. The maximum atomic E-state index is 12.4. The predicted octanol–water partition coefficient (Wildman–Crippen LogP) is 4.52.